The Morgan fingerprint density at radius 2 is 1.80 bits per heavy atom. The Hall–Kier alpha value is -2.37. The van der Waals surface area contributed by atoms with Gasteiger partial charge in [0.1, 0.15) is 5.82 Å². The average molecular weight is 372 g/mol. The molecule has 5 nitrogen and oxygen atoms in total. The van der Waals surface area contributed by atoms with Crippen molar-refractivity contribution in [3.63, 3.8) is 0 Å². The van der Waals surface area contributed by atoms with E-state index in [0.29, 0.717) is 27.9 Å². The average Bonchev–Trinajstić information content (AvgIpc) is 3.38. The number of aromatic nitrogens is 3. The molecule has 7 heteroatoms. The molecule has 0 spiro atoms. The highest BCUT2D eigenvalue weighted by Gasteiger charge is 2.22. The number of nitrogens with one attached hydrogen (secondary N) is 2. The minimum atomic E-state index is 0.456. The highest BCUT2D eigenvalue weighted by molar-refractivity contribution is 6.35. The quantitative estimate of drug-likeness (QED) is 0.648. The third-order valence-corrected chi connectivity index (χ3v) is 4.17. The molecule has 4 rings (SSSR count). The van der Waals surface area contributed by atoms with Crippen LogP contribution in [0.3, 0.4) is 0 Å². The topological polar surface area (TPSA) is 62.7 Å². The largest absolute Gasteiger partial charge is 0.351 e. The van der Waals surface area contributed by atoms with Crippen LogP contribution in [-0.2, 0) is 0 Å². The summed E-state index contributed by atoms with van der Waals surface area (Å²) in [5, 5.41) is 7.72. The fourth-order valence-electron chi connectivity index (χ4n) is 2.42. The molecule has 3 aromatic rings. The fraction of sp³-hybridized carbons (Fsp3) is 0.167. The fourth-order valence-corrected chi connectivity index (χ4v) is 2.95. The zero-order chi connectivity index (χ0) is 17.2. The minimum Gasteiger partial charge on any atom is -0.351 e. The SMILES string of the molecule is Clc1cc(Cl)cc(Nc2cc(-c3cccnc3)nc(NC3CC3)n2)c1. The van der Waals surface area contributed by atoms with Crippen LogP contribution in [0.15, 0.2) is 48.8 Å². The van der Waals surface area contributed by atoms with E-state index in [1.54, 1.807) is 30.6 Å². The Bertz CT molecular complexity index is 877. The number of hydrogen-bond donors (Lipinski definition) is 2. The molecule has 25 heavy (non-hydrogen) atoms. The van der Waals surface area contributed by atoms with E-state index in [9.17, 15) is 0 Å². The van der Waals surface area contributed by atoms with Gasteiger partial charge in [0.15, 0.2) is 0 Å². The maximum absolute atomic E-state index is 6.07. The standard InChI is InChI=1S/C18H15Cl2N5/c19-12-6-13(20)8-15(7-12)22-17-9-16(11-2-1-5-21-10-11)24-18(25-17)23-14-3-4-14/h1-2,5-10,14H,3-4H2,(H2,22,23,24,25). The molecule has 1 fully saturated rings. The van der Waals surface area contributed by atoms with Crippen molar-refractivity contribution in [3.8, 4) is 11.3 Å². The number of hydrogen-bond acceptors (Lipinski definition) is 5. The van der Waals surface area contributed by atoms with Gasteiger partial charge in [-0.3, -0.25) is 4.98 Å². The van der Waals surface area contributed by atoms with Gasteiger partial charge in [0, 0.05) is 45.8 Å². The first-order valence-corrected chi connectivity index (χ1v) is 8.70. The van der Waals surface area contributed by atoms with Crippen molar-refractivity contribution < 1.29 is 0 Å². The van der Waals surface area contributed by atoms with Gasteiger partial charge in [-0.05, 0) is 43.2 Å². The maximum Gasteiger partial charge on any atom is 0.225 e. The monoisotopic (exact) mass is 371 g/mol. The first kappa shape index (κ1) is 16.1. The van der Waals surface area contributed by atoms with Crippen molar-refractivity contribution in [1.29, 1.82) is 0 Å². The molecular weight excluding hydrogens is 357 g/mol. The van der Waals surface area contributed by atoms with Crippen molar-refractivity contribution in [1.82, 2.24) is 15.0 Å². The van der Waals surface area contributed by atoms with Gasteiger partial charge >= 0.3 is 0 Å². The summed E-state index contributed by atoms with van der Waals surface area (Å²) in [6, 6.07) is 11.5. The van der Waals surface area contributed by atoms with Crippen LogP contribution in [0.5, 0.6) is 0 Å². The van der Waals surface area contributed by atoms with E-state index in [4.69, 9.17) is 23.2 Å². The molecule has 0 atom stereocenters. The van der Waals surface area contributed by atoms with Crippen LogP contribution in [0.4, 0.5) is 17.5 Å². The van der Waals surface area contributed by atoms with Crippen LogP contribution >= 0.6 is 23.2 Å². The van der Waals surface area contributed by atoms with E-state index >= 15 is 0 Å². The number of halogens is 2. The molecule has 1 aliphatic carbocycles. The number of anilines is 3. The molecular formula is C18H15Cl2N5. The van der Waals surface area contributed by atoms with Gasteiger partial charge in [0.05, 0.1) is 5.69 Å². The van der Waals surface area contributed by atoms with Crippen molar-refractivity contribution in [2.75, 3.05) is 10.6 Å². The number of pyridine rings is 1. The Kier molecular flexibility index (Phi) is 4.42. The molecule has 126 valence electrons. The summed E-state index contributed by atoms with van der Waals surface area (Å²) in [5.74, 6) is 1.26. The maximum atomic E-state index is 6.07. The van der Waals surface area contributed by atoms with E-state index < -0.39 is 0 Å². The summed E-state index contributed by atoms with van der Waals surface area (Å²) in [6.45, 7) is 0. The molecule has 2 heterocycles. The molecule has 0 bridgehead atoms. The lowest BCUT2D eigenvalue weighted by molar-refractivity contribution is 1.06. The Morgan fingerprint density at radius 1 is 1.00 bits per heavy atom. The number of nitrogens with zero attached hydrogens (tertiary/aromatic N) is 3. The lowest BCUT2D eigenvalue weighted by Crippen LogP contribution is -2.07. The molecule has 0 amide bonds. The summed E-state index contributed by atoms with van der Waals surface area (Å²) < 4.78 is 0. The van der Waals surface area contributed by atoms with Gasteiger partial charge < -0.3 is 10.6 Å². The summed E-state index contributed by atoms with van der Waals surface area (Å²) >= 11 is 12.1. The second-order valence-corrected chi connectivity index (χ2v) is 6.78. The predicted octanol–water partition coefficient (Wildman–Crippen LogP) is 5.16. The molecule has 0 radical (unpaired) electrons. The summed E-state index contributed by atoms with van der Waals surface area (Å²) in [6.07, 6.45) is 5.81. The highest BCUT2D eigenvalue weighted by Crippen LogP contribution is 2.29. The van der Waals surface area contributed by atoms with E-state index in [-0.39, 0.29) is 0 Å². The first-order valence-electron chi connectivity index (χ1n) is 7.95. The van der Waals surface area contributed by atoms with Crippen molar-refractivity contribution >= 4 is 40.7 Å². The molecule has 1 saturated carbocycles. The van der Waals surface area contributed by atoms with Crippen molar-refractivity contribution in [3.05, 3.63) is 58.8 Å². The van der Waals surface area contributed by atoms with Crippen LogP contribution in [0, 0.1) is 0 Å². The molecule has 1 aliphatic rings. The summed E-state index contributed by atoms with van der Waals surface area (Å²) in [4.78, 5) is 13.3. The van der Waals surface area contributed by atoms with Gasteiger partial charge in [-0.25, -0.2) is 4.98 Å². The van der Waals surface area contributed by atoms with Crippen LogP contribution < -0.4 is 10.6 Å². The van der Waals surface area contributed by atoms with Crippen LogP contribution in [0.25, 0.3) is 11.3 Å². The van der Waals surface area contributed by atoms with E-state index in [0.717, 1.165) is 29.8 Å². The zero-order valence-electron chi connectivity index (χ0n) is 13.2. The van der Waals surface area contributed by atoms with Crippen molar-refractivity contribution in [2.45, 2.75) is 18.9 Å². The van der Waals surface area contributed by atoms with Gasteiger partial charge in [0.2, 0.25) is 5.95 Å². The number of rotatable bonds is 5. The van der Waals surface area contributed by atoms with Gasteiger partial charge in [-0.1, -0.05) is 23.2 Å². The third kappa shape index (κ3) is 4.18. The molecule has 2 aromatic heterocycles. The van der Waals surface area contributed by atoms with E-state index in [1.807, 2.05) is 18.2 Å². The molecule has 1 aromatic carbocycles. The van der Waals surface area contributed by atoms with Crippen LogP contribution in [-0.4, -0.2) is 21.0 Å². The molecule has 0 aliphatic heterocycles. The van der Waals surface area contributed by atoms with Gasteiger partial charge in [-0.2, -0.15) is 4.98 Å². The number of benzene rings is 1. The third-order valence-electron chi connectivity index (χ3n) is 3.73. The zero-order valence-corrected chi connectivity index (χ0v) is 14.7. The molecule has 0 saturated heterocycles. The van der Waals surface area contributed by atoms with Crippen molar-refractivity contribution in [2.24, 2.45) is 0 Å². The second kappa shape index (κ2) is 6.86. The minimum absolute atomic E-state index is 0.456. The predicted molar refractivity (Wildman–Crippen MR) is 102 cm³/mol. The molecule has 2 N–H and O–H groups in total. The van der Waals surface area contributed by atoms with Crippen LogP contribution in [0.1, 0.15) is 12.8 Å². The first-order chi connectivity index (χ1) is 12.2. The Morgan fingerprint density at radius 3 is 2.48 bits per heavy atom. The lowest BCUT2D eigenvalue weighted by Gasteiger charge is -2.11. The Balaban J connectivity index is 1.70. The smallest absolute Gasteiger partial charge is 0.225 e. The summed E-state index contributed by atoms with van der Waals surface area (Å²) in [5.41, 5.74) is 2.49. The molecule has 0 unspecified atom stereocenters. The summed E-state index contributed by atoms with van der Waals surface area (Å²) in [7, 11) is 0. The van der Waals surface area contributed by atoms with Gasteiger partial charge in [0.25, 0.3) is 0 Å². The lowest BCUT2D eigenvalue weighted by atomic mass is 10.2. The Labute approximate surface area is 155 Å². The van der Waals surface area contributed by atoms with Crippen LogP contribution in [0.2, 0.25) is 10.0 Å². The second-order valence-electron chi connectivity index (χ2n) is 5.91. The normalized spacial score (nSPS) is 13.5. The highest BCUT2D eigenvalue weighted by atomic mass is 35.5. The van der Waals surface area contributed by atoms with E-state index in [1.165, 1.54) is 0 Å². The van der Waals surface area contributed by atoms with Gasteiger partial charge in [-0.15, -0.1) is 0 Å². The van der Waals surface area contributed by atoms with E-state index in [2.05, 4.69) is 25.6 Å².